The van der Waals surface area contributed by atoms with Crippen LogP contribution < -0.4 is 0 Å². The molecule has 1 unspecified atom stereocenters. The van der Waals surface area contributed by atoms with E-state index in [1.165, 1.54) is 18.4 Å². The molecule has 0 aliphatic heterocycles. The lowest BCUT2D eigenvalue weighted by atomic mass is 10.0. The van der Waals surface area contributed by atoms with Gasteiger partial charge in [0.1, 0.15) is 12.0 Å². The van der Waals surface area contributed by atoms with E-state index in [9.17, 15) is 0 Å². The highest BCUT2D eigenvalue weighted by Crippen LogP contribution is 2.38. The number of halogens is 1. The summed E-state index contributed by atoms with van der Waals surface area (Å²) in [7, 11) is 0. The normalized spacial score (nSPS) is 20.0. The maximum absolute atomic E-state index is 5.46. The Hall–Kier alpha value is -0.500. The van der Waals surface area contributed by atoms with Crippen LogP contribution in [0.3, 0.4) is 0 Å². The Balaban J connectivity index is 2.31. The van der Waals surface area contributed by atoms with E-state index in [4.69, 9.17) is 4.42 Å². The summed E-state index contributed by atoms with van der Waals surface area (Å²) in [5, 5.41) is 0. The standard InChI is InChI=1S/C10H11BrO/c1-2-3-7-4-5-8-9(11)6-12-10(7)8/h4-7H,2-3H2,1H3. The van der Waals surface area contributed by atoms with Crippen LogP contribution in [0.1, 0.15) is 37.0 Å². The van der Waals surface area contributed by atoms with Crippen LogP contribution in [0, 0.1) is 0 Å². The van der Waals surface area contributed by atoms with Gasteiger partial charge in [0.15, 0.2) is 0 Å². The van der Waals surface area contributed by atoms with Gasteiger partial charge < -0.3 is 4.42 Å². The highest BCUT2D eigenvalue weighted by atomic mass is 79.9. The molecular formula is C10H11BrO. The lowest BCUT2D eigenvalue weighted by molar-refractivity contribution is 0.480. The highest BCUT2D eigenvalue weighted by Gasteiger charge is 2.22. The van der Waals surface area contributed by atoms with Crippen LogP contribution in [0.2, 0.25) is 0 Å². The molecule has 0 aromatic carbocycles. The van der Waals surface area contributed by atoms with E-state index in [0.29, 0.717) is 5.92 Å². The Morgan fingerprint density at radius 1 is 1.58 bits per heavy atom. The van der Waals surface area contributed by atoms with Crippen molar-refractivity contribution in [1.29, 1.82) is 0 Å². The van der Waals surface area contributed by atoms with Crippen molar-refractivity contribution < 1.29 is 4.42 Å². The first-order chi connectivity index (χ1) is 5.83. The van der Waals surface area contributed by atoms with E-state index < -0.39 is 0 Å². The van der Waals surface area contributed by atoms with Gasteiger partial charge in [-0.05, 0) is 22.4 Å². The molecule has 1 aliphatic rings. The van der Waals surface area contributed by atoms with Crippen LogP contribution >= 0.6 is 15.9 Å². The van der Waals surface area contributed by atoms with Gasteiger partial charge in [0, 0.05) is 11.5 Å². The molecule has 1 aliphatic carbocycles. The molecule has 2 rings (SSSR count). The van der Waals surface area contributed by atoms with Crippen LogP contribution in [0.5, 0.6) is 0 Å². The summed E-state index contributed by atoms with van der Waals surface area (Å²) in [4.78, 5) is 0. The number of rotatable bonds is 2. The van der Waals surface area contributed by atoms with E-state index in [-0.39, 0.29) is 0 Å². The van der Waals surface area contributed by atoms with Gasteiger partial charge in [-0.3, -0.25) is 0 Å². The fraction of sp³-hybridized carbons (Fsp3) is 0.400. The van der Waals surface area contributed by atoms with Crippen molar-refractivity contribution in [2.75, 3.05) is 0 Å². The molecule has 0 fully saturated rings. The zero-order chi connectivity index (χ0) is 8.55. The lowest BCUT2D eigenvalue weighted by Gasteiger charge is -2.03. The largest absolute Gasteiger partial charge is 0.467 e. The van der Waals surface area contributed by atoms with Crippen LogP contribution in [-0.4, -0.2) is 0 Å². The average Bonchev–Trinajstić information content (AvgIpc) is 2.58. The van der Waals surface area contributed by atoms with Gasteiger partial charge in [0.2, 0.25) is 0 Å². The Labute approximate surface area is 80.6 Å². The topological polar surface area (TPSA) is 13.1 Å². The third-order valence-electron chi connectivity index (χ3n) is 2.24. The lowest BCUT2D eigenvalue weighted by Crippen LogP contribution is -1.88. The van der Waals surface area contributed by atoms with Gasteiger partial charge in [-0.15, -0.1) is 0 Å². The van der Waals surface area contributed by atoms with Crippen molar-refractivity contribution >= 4 is 22.0 Å². The maximum atomic E-state index is 5.46. The number of furan rings is 1. The first-order valence-electron chi connectivity index (χ1n) is 4.28. The summed E-state index contributed by atoms with van der Waals surface area (Å²) in [6, 6.07) is 0. The number of hydrogen-bond acceptors (Lipinski definition) is 1. The van der Waals surface area contributed by atoms with E-state index in [1.54, 1.807) is 6.26 Å². The summed E-state index contributed by atoms with van der Waals surface area (Å²) in [5.41, 5.74) is 1.23. The zero-order valence-corrected chi connectivity index (χ0v) is 8.60. The summed E-state index contributed by atoms with van der Waals surface area (Å²) in [6.45, 7) is 2.20. The van der Waals surface area contributed by atoms with Crippen molar-refractivity contribution in [1.82, 2.24) is 0 Å². The van der Waals surface area contributed by atoms with E-state index >= 15 is 0 Å². The summed E-state index contributed by atoms with van der Waals surface area (Å²) in [6.07, 6.45) is 8.53. The number of fused-ring (bicyclic) bond motifs is 1. The van der Waals surface area contributed by atoms with Crippen LogP contribution in [0.25, 0.3) is 6.08 Å². The molecule has 1 nitrogen and oxygen atoms in total. The molecule has 0 saturated carbocycles. The molecular weight excluding hydrogens is 216 g/mol. The van der Waals surface area contributed by atoms with Crippen LogP contribution in [0.4, 0.5) is 0 Å². The van der Waals surface area contributed by atoms with E-state index in [2.05, 4.69) is 35.0 Å². The molecule has 12 heavy (non-hydrogen) atoms. The number of allylic oxidation sites excluding steroid dienone is 1. The minimum absolute atomic E-state index is 0.510. The molecule has 0 radical (unpaired) electrons. The Morgan fingerprint density at radius 2 is 2.42 bits per heavy atom. The van der Waals surface area contributed by atoms with Gasteiger partial charge in [-0.1, -0.05) is 25.5 Å². The summed E-state index contributed by atoms with van der Waals surface area (Å²) in [5.74, 6) is 1.64. The molecule has 0 amide bonds. The Bertz CT molecular complexity index is 312. The van der Waals surface area contributed by atoms with Crippen LogP contribution in [-0.2, 0) is 0 Å². The Morgan fingerprint density at radius 3 is 3.17 bits per heavy atom. The van der Waals surface area contributed by atoms with E-state index in [1.807, 2.05) is 0 Å². The third-order valence-corrected chi connectivity index (χ3v) is 2.86. The third kappa shape index (κ3) is 1.14. The SMILES string of the molecule is CCCC1C=Cc2c(Br)coc21. The predicted octanol–water partition coefficient (Wildman–Crippen LogP) is 3.95. The minimum Gasteiger partial charge on any atom is -0.467 e. The van der Waals surface area contributed by atoms with Gasteiger partial charge >= 0.3 is 0 Å². The summed E-state index contributed by atoms with van der Waals surface area (Å²) < 4.78 is 6.54. The van der Waals surface area contributed by atoms with Gasteiger partial charge in [-0.2, -0.15) is 0 Å². The molecule has 0 N–H and O–H groups in total. The van der Waals surface area contributed by atoms with Crippen molar-refractivity contribution in [2.24, 2.45) is 0 Å². The highest BCUT2D eigenvalue weighted by molar-refractivity contribution is 9.10. The molecule has 0 saturated heterocycles. The molecule has 1 aromatic rings. The van der Waals surface area contributed by atoms with Crippen LogP contribution in [0.15, 0.2) is 21.2 Å². The van der Waals surface area contributed by atoms with E-state index in [0.717, 1.165) is 10.2 Å². The second-order valence-electron chi connectivity index (χ2n) is 3.12. The quantitative estimate of drug-likeness (QED) is 0.745. The second-order valence-corrected chi connectivity index (χ2v) is 3.97. The van der Waals surface area contributed by atoms with Crippen molar-refractivity contribution in [2.45, 2.75) is 25.7 Å². The first kappa shape index (κ1) is 8.11. The molecule has 1 aromatic heterocycles. The smallest absolute Gasteiger partial charge is 0.118 e. The molecule has 1 atom stereocenters. The minimum atomic E-state index is 0.510. The van der Waals surface area contributed by atoms with Gasteiger partial charge in [-0.25, -0.2) is 0 Å². The molecule has 64 valence electrons. The Kier molecular flexibility index (Phi) is 2.09. The first-order valence-corrected chi connectivity index (χ1v) is 5.07. The monoisotopic (exact) mass is 226 g/mol. The predicted molar refractivity (Wildman–Crippen MR) is 53.1 cm³/mol. The second kappa shape index (κ2) is 3.09. The molecule has 0 bridgehead atoms. The fourth-order valence-electron chi connectivity index (χ4n) is 1.65. The van der Waals surface area contributed by atoms with Crippen molar-refractivity contribution in [3.05, 3.63) is 28.1 Å². The zero-order valence-electron chi connectivity index (χ0n) is 7.01. The average molecular weight is 227 g/mol. The van der Waals surface area contributed by atoms with Crippen molar-refractivity contribution in [3.63, 3.8) is 0 Å². The number of hydrogen-bond donors (Lipinski definition) is 0. The summed E-state index contributed by atoms with van der Waals surface area (Å²) >= 11 is 3.45. The van der Waals surface area contributed by atoms with Crippen molar-refractivity contribution in [3.8, 4) is 0 Å². The molecule has 1 heterocycles. The molecule has 0 spiro atoms. The fourth-order valence-corrected chi connectivity index (χ4v) is 2.07. The molecule has 2 heteroatoms. The maximum Gasteiger partial charge on any atom is 0.118 e. The van der Waals surface area contributed by atoms with Gasteiger partial charge in [0.25, 0.3) is 0 Å². The van der Waals surface area contributed by atoms with Gasteiger partial charge in [0.05, 0.1) is 4.47 Å².